The van der Waals surface area contributed by atoms with Crippen LogP contribution >= 0.6 is 0 Å². The zero-order valence-corrected chi connectivity index (χ0v) is 37.3. The molecular formula is C44H55N15O6. The summed E-state index contributed by atoms with van der Waals surface area (Å²) in [6.07, 6.45) is 11.3. The number of hydrogen-bond acceptors (Lipinski definition) is 14. The Labute approximate surface area is 375 Å². The number of hydrogen-bond donors (Lipinski definition) is 5. The molecule has 0 aliphatic carbocycles. The summed E-state index contributed by atoms with van der Waals surface area (Å²) >= 11 is 0. The van der Waals surface area contributed by atoms with Gasteiger partial charge in [0.05, 0.1) is 54.8 Å². The number of anilines is 3. The maximum Gasteiger partial charge on any atom is 0.276 e. The smallest absolute Gasteiger partial charge is 0.276 e. The van der Waals surface area contributed by atoms with Crippen LogP contribution < -0.4 is 42.2 Å². The minimum absolute atomic E-state index is 0.0312. The van der Waals surface area contributed by atoms with E-state index < -0.39 is 11.8 Å². The van der Waals surface area contributed by atoms with Gasteiger partial charge in [0.25, 0.3) is 11.8 Å². The summed E-state index contributed by atoms with van der Waals surface area (Å²) in [6, 6.07) is 9.62. The van der Waals surface area contributed by atoms with Gasteiger partial charge in [0, 0.05) is 43.5 Å². The minimum atomic E-state index is -0.673. The van der Waals surface area contributed by atoms with E-state index in [1.54, 1.807) is 68.3 Å². The molecule has 0 spiro atoms. The summed E-state index contributed by atoms with van der Waals surface area (Å²) in [6.45, 7) is 13.0. The number of aldehydes is 1. The summed E-state index contributed by atoms with van der Waals surface area (Å²) in [5, 5.41) is 18.9. The van der Waals surface area contributed by atoms with Gasteiger partial charge in [-0.05, 0) is 83.9 Å². The average molecular weight is 890 g/mol. The highest BCUT2D eigenvalue weighted by atomic mass is 16.5. The van der Waals surface area contributed by atoms with E-state index in [2.05, 4.69) is 43.4 Å². The molecule has 0 aliphatic rings. The molecule has 6 aromatic rings. The summed E-state index contributed by atoms with van der Waals surface area (Å²) in [5.74, 6) is -0.673. The molecule has 0 unspecified atom stereocenters. The number of primary amides is 1. The van der Waals surface area contributed by atoms with Gasteiger partial charge >= 0.3 is 0 Å². The predicted octanol–water partition coefficient (Wildman–Crippen LogP) is 4.03. The molecule has 0 fully saturated rings. The lowest BCUT2D eigenvalue weighted by Crippen LogP contribution is -2.39. The van der Waals surface area contributed by atoms with Gasteiger partial charge in [-0.2, -0.15) is 15.3 Å². The molecule has 3 amide bonds. The fourth-order valence-electron chi connectivity index (χ4n) is 6.88. The van der Waals surface area contributed by atoms with E-state index in [4.69, 9.17) is 25.9 Å². The van der Waals surface area contributed by atoms with Crippen LogP contribution in [0.4, 0.5) is 23.0 Å². The van der Waals surface area contributed by atoms with E-state index in [9.17, 15) is 19.2 Å². The molecule has 0 atom stereocenters. The molecule has 21 heteroatoms. The molecule has 0 saturated carbocycles. The van der Waals surface area contributed by atoms with Crippen LogP contribution in [0.15, 0.2) is 78.1 Å². The van der Waals surface area contributed by atoms with Crippen molar-refractivity contribution in [2.45, 2.75) is 53.9 Å². The largest absolute Gasteiger partial charge is 0.494 e. The molecule has 65 heavy (non-hydrogen) atoms. The molecule has 4 aromatic heterocycles. The SMILES string of the molecule is C=Nc1cc(C=O)cc(OC/C=C/Cn2cc(N)cn2)c1N(C/C=C/Cn1c(NC(=O)c2cc(C)nn2CC)nc2cc(C(N)=O)cc(OC)c21)CNC(=O)c1cc(C)nn1CC.CN. The van der Waals surface area contributed by atoms with Gasteiger partial charge in [-0.3, -0.25) is 43.5 Å². The van der Waals surface area contributed by atoms with Gasteiger partial charge in [-0.25, -0.2) is 4.98 Å². The predicted molar refractivity (Wildman–Crippen MR) is 249 cm³/mol. The van der Waals surface area contributed by atoms with Gasteiger partial charge in [0.15, 0.2) is 0 Å². The number of imidazole rings is 1. The third-order valence-corrected chi connectivity index (χ3v) is 9.76. The Balaban J connectivity index is 0.00000391. The molecule has 6 rings (SSSR count). The fraction of sp³-hybridized carbons (Fsp3) is 0.295. The first-order valence-corrected chi connectivity index (χ1v) is 20.6. The number of amides is 3. The van der Waals surface area contributed by atoms with Crippen LogP contribution in [0.25, 0.3) is 11.0 Å². The normalized spacial score (nSPS) is 11.1. The summed E-state index contributed by atoms with van der Waals surface area (Å²) in [7, 11) is 2.96. The summed E-state index contributed by atoms with van der Waals surface area (Å²) < 4.78 is 18.6. The number of benzene rings is 2. The highest BCUT2D eigenvalue weighted by Crippen LogP contribution is 2.39. The lowest BCUT2D eigenvalue weighted by molar-refractivity contribution is 0.0941. The number of aromatic nitrogens is 8. The first kappa shape index (κ1) is 48.0. The van der Waals surface area contributed by atoms with Crippen molar-refractivity contribution in [1.82, 2.24) is 44.2 Å². The van der Waals surface area contributed by atoms with Crippen molar-refractivity contribution in [3.63, 3.8) is 0 Å². The van der Waals surface area contributed by atoms with Crippen molar-refractivity contribution in [3.8, 4) is 11.5 Å². The van der Waals surface area contributed by atoms with Crippen molar-refractivity contribution >= 4 is 64.8 Å². The number of ether oxygens (including phenoxy) is 2. The maximum absolute atomic E-state index is 13.7. The van der Waals surface area contributed by atoms with E-state index in [1.165, 1.54) is 26.3 Å². The van der Waals surface area contributed by atoms with Crippen LogP contribution in [-0.2, 0) is 26.2 Å². The van der Waals surface area contributed by atoms with E-state index in [-0.39, 0.29) is 43.8 Å². The van der Waals surface area contributed by atoms with Crippen molar-refractivity contribution < 1.29 is 28.7 Å². The van der Waals surface area contributed by atoms with Gasteiger partial charge in [0.2, 0.25) is 11.9 Å². The van der Waals surface area contributed by atoms with Crippen LogP contribution in [0.1, 0.15) is 66.9 Å². The summed E-state index contributed by atoms with van der Waals surface area (Å²) in [5.41, 5.74) is 20.7. The monoisotopic (exact) mass is 889 g/mol. The Morgan fingerprint density at radius 3 is 2.18 bits per heavy atom. The third kappa shape index (κ3) is 11.5. The number of nitrogens with zero attached hydrogens (tertiary/aromatic N) is 10. The number of methoxy groups -OCH3 is 1. The Morgan fingerprint density at radius 2 is 1.58 bits per heavy atom. The number of nitrogen functional groups attached to an aromatic ring is 1. The zero-order valence-electron chi connectivity index (χ0n) is 37.3. The molecule has 0 bridgehead atoms. The van der Waals surface area contributed by atoms with Crippen LogP contribution in [-0.4, -0.2) is 104 Å². The third-order valence-electron chi connectivity index (χ3n) is 9.76. The summed E-state index contributed by atoms with van der Waals surface area (Å²) in [4.78, 5) is 62.4. The van der Waals surface area contributed by atoms with Gasteiger partial charge < -0.3 is 41.5 Å². The van der Waals surface area contributed by atoms with Crippen LogP contribution in [0.3, 0.4) is 0 Å². The van der Waals surface area contributed by atoms with Gasteiger partial charge in [0.1, 0.15) is 47.0 Å². The van der Waals surface area contributed by atoms with Crippen molar-refractivity contribution in [2.24, 2.45) is 16.5 Å². The second-order valence-electron chi connectivity index (χ2n) is 14.2. The van der Waals surface area contributed by atoms with E-state index >= 15 is 0 Å². The number of carbonyl (C=O) groups is 4. The van der Waals surface area contributed by atoms with Crippen molar-refractivity contribution in [2.75, 3.05) is 49.9 Å². The maximum atomic E-state index is 13.7. The van der Waals surface area contributed by atoms with E-state index in [0.717, 1.165) is 0 Å². The Hall–Kier alpha value is -8.07. The number of nitrogens with one attached hydrogen (secondary N) is 2. The highest BCUT2D eigenvalue weighted by molar-refractivity contribution is 6.04. The van der Waals surface area contributed by atoms with E-state index in [0.29, 0.717) is 93.9 Å². The Morgan fingerprint density at radius 1 is 0.908 bits per heavy atom. The average Bonchev–Trinajstić information content (AvgIpc) is 4.10. The van der Waals surface area contributed by atoms with Crippen LogP contribution in [0.2, 0.25) is 0 Å². The number of allylic oxidation sites excluding steroid dienone is 2. The number of nitrogens with two attached hydrogens (primary N) is 3. The lowest BCUT2D eigenvalue weighted by Gasteiger charge is -2.27. The molecular weight excluding hydrogens is 835 g/mol. The number of carbonyl (C=O) groups excluding carboxylic acids is 4. The molecule has 21 nitrogen and oxygen atoms in total. The topological polar surface area (TPSA) is 276 Å². The fourth-order valence-corrected chi connectivity index (χ4v) is 6.88. The molecule has 0 aliphatic heterocycles. The first-order valence-electron chi connectivity index (χ1n) is 20.6. The first-order chi connectivity index (χ1) is 31.4. The van der Waals surface area contributed by atoms with Crippen molar-refractivity contribution in [3.05, 3.63) is 107 Å². The lowest BCUT2D eigenvalue weighted by atomic mass is 10.1. The number of rotatable bonds is 21. The van der Waals surface area contributed by atoms with Crippen LogP contribution in [0.5, 0.6) is 11.5 Å². The second kappa shape index (κ2) is 22.3. The van der Waals surface area contributed by atoms with Gasteiger partial charge in [-0.1, -0.05) is 18.2 Å². The minimum Gasteiger partial charge on any atom is -0.494 e. The Bertz CT molecular complexity index is 2720. The molecule has 8 N–H and O–H groups in total. The number of aryl methyl sites for hydroxylation is 4. The van der Waals surface area contributed by atoms with Crippen LogP contribution in [0, 0.1) is 13.8 Å². The second-order valence-corrected chi connectivity index (χ2v) is 14.2. The number of aliphatic imine (C=N–C) groups is 1. The molecule has 4 heterocycles. The Kier molecular flexibility index (Phi) is 16.5. The molecule has 0 saturated heterocycles. The standard InChI is InChI=1S/C43H50N14O6.CH5N/c1-7-56-34(17-27(3)51-56)41(60)47-26-53(38-32(46-5)19-29(25-58)20-37(38)63-16-12-11-14-54-24-31(44)23-48-54)13-9-10-15-55-39-33(21-30(40(45)59)22-36(39)62-6)49-43(55)50-42(61)35-18-28(4)52-57(35)8-2;1-2/h9-12,17-25H,5,7-8,13-16,26,44H2,1-4,6H3,(H2,45,59)(H,47,60)(H,49,50,61);2H2,1H3/b10-9+,12-11+;. The zero-order chi connectivity index (χ0) is 47.2. The number of fused-ring (bicyclic) bond motifs is 1. The highest BCUT2D eigenvalue weighted by Gasteiger charge is 2.23. The molecule has 2 aromatic carbocycles. The van der Waals surface area contributed by atoms with Gasteiger partial charge in [-0.15, -0.1) is 0 Å². The van der Waals surface area contributed by atoms with Crippen molar-refractivity contribution in [1.29, 1.82) is 0 Å². The quantitative estimate of drug-likeness (QED) is 0.0296. The molecule has 0 radical (unpaired) electrons. The molecule has 342 valence electrons. The van der Waals surface area contributed by atoms with E-state index in [1.807, 2.05) is 43.9 Å².